The summed E-state index contributed by atoms with van der Waals surface area (Å²) in [6.07, 6.45) is 4.27. The molecule has 31 heavy (non-hydrogen) atoms. The number of likely N-dealkylation sites (tertiary alicyclic amines) is 1. The standard InChI is InChI=1S/C21H34N2O7S/c1-4-29-18(24)12-31-11-15(21(28)30-5-2)22-13(3)19(25)23-16-9-7-6-8-14(16)10-17(23)20(26)27/h13-17,22H,4-12H2,1-3H3,(H,26,27)/t13?,14?,15-,16?,17+/m1/s1. The van der Waals surface area contributed by atoms with Gasteiger partial charge in [0.15, 0.2) is 0 Å². The zero-order valence-electron chi connectivity index (χ0n) is 18.5. The van der Waals surface area contributed by atoms with Crippen molar-refractivity contribution in [3.05, 3.63) is 0 Å². The number of amides is 1. The second kappa shape index (κ2) is 12.3. The van der Waals surface area contributed by atoms with E-state index in [1.54, 1.807) is 20.8 Å². The first-order valence-corrected chi connectivity index (χ1v) is 12.2. The molecule has 2 rings (SSSR count). The number of carboxylic acids is 1. The Hall–Kier alpha value is -1.81. The summed E-state index contributed by atoms with van der Waals surface area (Å²) < 4.78 is 10.0. The highest BCUT2D eigenvalue weighted by Crippen LogP contribution is 2.40. The molecule has 2 fully saturated rings. The molecule has 2 aliphatic rings. The normalized spacial score (nSPS) is 24.7. The van der Waals surface area contributed by atoms with Gasteiger partial charge in [0.1, 0.15) is 12.1 Å². The summed E-state index contributed by atoms with van der Waals surface area (Å²) in [6, 6.07) is -2.46. The first-order valence-electron chi connectivity index (χ1n) is 11.0. The Balaban J connectivity index is 2.05. The molecule has 10 heteroatoms. The fourth-order valence-corrected chi connectivity index (χ4v) is 5.32. The molecule has 1 amide bonds. The van der Waals surface area contributed by atoms with E-state index in [-0.39, 0.29) is 48.6 Å². The van der Waals surface area contributed by atoms with Crippen LogP contribution in [0.1, 0.15) is 52.9 Å². The molecule has 176 valence electrons. The van der Waals surface area contributed by atoms with Crippen molar-refractivity contribution < 1.29 is 33.8 Å². The smallest absolute Gasteiger partial charge is 0.326 e. The lowest BCUT2D eigenvalue weighted by molar-refractivity contribution is -0.151. The van der Waals surface area contributed by atoms with Gasteiger partial charge in [-0.2, -0.15) is 0 Å². The molecule has 0 aromatic rings. The Morgan fingerprint density at radius 3 is 2.45 bits per heavy atom. The second-order valence-corrected chi connectivity index (χ2v) is 8.99. The fourth-order valence-electron chi connectivity index (χ4n) is 4.48. The highest BCUT2D eigenvalue weighted by atomic mass is 32.2. The number of fused-ring (bicyclic) bond motifs is 1. The highest BCUT2D eigenvalue weighted by molar-refractivity contribution is 8.00. The zero-order valence-corrected chi connectivity index (χ0v) is 19.3. The van der Waals surface area contributed by atoms with Crippen molar-refractivity contribution >= 4 is 35.6 Å². The van der Waals surface area contributed by atoms with Crippen LogP contribution < -0.4 is 5.32 Å². The van der Waals surface area contributed by atoms with E-state index in [0.29, 0.717) is 6.42 Å². The Morgan fingerprint density at radius 1 is 1.13 bits per heavy atom. The van der Waals surface area contributed by atoms with Gasteiger partial charge in [-0.05, 0) is 46.0 Å². The number of ether oxygens (including phenoxy) is 2. The maximum Gasteiger partial charge on any atom is 0.326 e. The largest absolute Gasteiger partial charge is 0.480 e. The van der Waals surface area contributed by atoms with E-state index < -0.39 is 30.1 Å². The topological polar surface area (TPSA) is 122 Å². The van der Waals surface area contributed by atoms with Crippen molar-refractivity contribution in [1.29, 1.82) is 0 Å². The van der Waals surface area contributed by atoms with Crippen LogP contribution >= 0.6 is 11.8 Å². The number of aliphatic carboxylic acids is 1. The molecule has 9 nitrogen and oxygen atoms in total. The average molecular weight is 459 g/mol. The summed E-state index contributed by atoms with van der Waals surface area (Å²) in [5.41, 5.74) is 0. The lowest BCUT2D eigenvalue weighted by Crippen LogP contribution is -2.56. The number of esters is 2. The van der Waals surface area contributed by atoms with Crippen LogP contribution in [0.25, 0.3) is 0 Å². The summed E-state index contributed by atoms with van der Waals surface area (Å²) in [6.45, 7) is 5.53. The minimum absolute atomic E-state index is 0.0640. The van der Waals surface area contributed by atoms with Gasteiger partial charge in [0, 0.05) is 11.8 Å². The number of carboxylic acid groups (broad SMARTS) is 1. The van der Waals surface area contributed by atoms with Gasteiger partial charge in [-0.25, -0.2) is 4.79 Å². The van der Waals surface area contributed by atoms with Gasteiger partial charge in [0.2, 0.25) is 5.91 Å². The Kier molecular flexibility index (Phi) is 10.1. The first kappa shape index (κ1) is 25.5. The van der Waals surface area contributed by atoms with Crippen LogP contribution in [0.4, 0.5) is 0 Å². The number of carbonyl (C=O) groups excluding carboxylic acids is 3. The Bertz CT molecular complexity index is 660. The molecule has 0 aromatic heterocycles. The maximum absolute atomic E-state index is 13.3. The van der Waals surface area contributed by atoms with E-state index >= 15 is 0 Å². The van der Waals surface area contributed by atoms with Crippen molar-refractivity contribution in [1.82, 2.24) is 10.2 Å². The number of hydrogen-bond acceptors (Lipinski definition) is 8. The number of thioether (sulfide) groups is 1. The molecule has 1 aliphatic carbocycles. The Labute approximate surface area is 187 Å². The zero-order chi connectivity index (χ0) is 23.0. The summed E-state index contributed by atoms with van der Waals surface area (Å²) in [5.74, 6) is -1.65. The molecule has 1 saturated carbocycles. The van der Waals surface area contributed by atoms with Crippen molar-refractivity contribution in [2.24, 2.45) is 5.92 Å². The second-order valence-electron chi connectivity index (χ2n) is 7.96. The molecular formula is C21H34N2O7S. The van der Waals surface area contributed by atoms with Gasteiger partial charge >= 0.3 is 17.9 Å². The molecule has 2 N–H and O–H groups in total. The summed E-state index contributed by atoms with van der Waals surface area (Å²) in [7, 11) is 0. The fraction of sp³-hybridized carbons (Fsp3) is 0.810. The first-order chi connectivity index (χ1) is 14.8. The molecule has 3 unspecified atom stereocenters. The summed E-state index contributed by atoms with van der Waals surface area (Å²) >= 11 is 1.22. The van der Waals surface area contributed by atoms with Crippen LogP contribution in [0, 0.1) is 5.92 Å². The van der Waals surface area contributed by atoms with E-state index in [2.05, 4.69) is 5.32 Å². The van der Waals surface area contributed by atoms with Crippen molar-refractivity contribution in [2.45, 2.75) is 77.0 Å². The molecule has 1 saturated heterocycles. The predicted octanol–water partition coefficient (Wildman–Crippen LogP) is 1.44. The SMILES string of the molecule is CCOC(=O)CSC[C@@H](NC(C)C(=O)N1C2CCCCC2C[C@H]1C(=O)O)C(=O)OCC. The number of nitrogens with one attached hydrogen (secondary N) is 1. The van der Waals surface area contributed by atoms with E-state index in [0.717, 1.165) is 25.7 Å². The van der Waals surface area contributed by atoms with Gasteiger partial charge < -0.3 is 19.5 Å². The molecule has 1 aliphatic heterocycles. The molecular weight excluding hydrogens is 424 g/mol. The van der Waals surface area contributed by atoms with E-state index in [1.165, 1.54) is 16.7 Å². The van der Waals surface area contributed by atoms with E-state index in [1.807, 2.05) is 0 Å². The number of hydrogen-bond donors (Lipinski definition) is 2. The molecule has 0 spiro atoms. The van der Waals surface area contributed by atoms with Gasteiger partial charge in [0.05, 0.1) is 25.0 Å². The van der Waals surface area contributed by atoms with Crippen molar-refractivity contribution in [2.75, 3.05) is 24.7 Å². The van der Waals surface area contributed by atoms with Crippen LogP contribution in [0.3, 0.4) is 0 Å². The summed E-state index contributed by atoms with van der Waals surface area (Å²) in [5, 5.41) is 12.7. The van der Waals surface area contributed by atoms with Gasteiger partial charge in [-0.1, -0.05) is 12.8 Å². The number of carbonyl (C=O) groups is 4. The van der Waals surface area contributed by atoms with Gasteiger partial charge in [0.25, 0.3) is 0 Å². The average Bonchev–Trinajstić information content (AvgIpc) is 3.12. The number of nitrogens with zero attached hydrogens (tertiary/aromatic N) is 1. The van der Waals surface area contributed by atoms with Crippen LogP contribution in [0.5, 0.6) is 0 Å². The highest BCUT2D eigenvalue weighted by Gasteiger charge is 2.48. The Morgan fingerprint density at radius 2 is 1.81 bits per heavy atom. The van der Waals surface area contributed by atoms with E-state index in [9.17, 15) is 24.3 Å². The van der Waals surface area contributed by atoms with Crippen LogP contribution in [-0.4, -0.2) is 82.7 Å². The minimum Gasteiger partial charge on any atom is -0.480 e. The third kappa shape index (κ3) is 6.83. The van der Waals surface area contributed by atoms with Gasteiger partial charge in [-0.15, -0.1) is 11.8 Å². The minimum atomic E-state index is -0.984. The maximum atomic E-state index is 13.3. The molecule has 5 atom stereocenters. The predicted molar refractivity (Wildman–Crippen MR) is 116 cm³/mol. The lowest BCUT2D eigenvalue weighted by Gasteiger charge is -2.35. The van der Waals surface area contributed by atoms with Crippen molar-refractivity contribution in [3.63, 3.8) is 0 Å². The molecule has 0 aromatic carbocycles. The number of rotatable bonds is 11. The van der Waals surface area contributed by atoms with Crippen LogP contribution in [-0.2, 0) is 28.7 Å². The summed E-state index contributed by atoms with van der Waals surface area (Å²) in [4.78, 5) is 50.6. The monoisotopic (exact) mass is 458 g/mol. The quantitative estimate of drug-likeness (QED) is 0.443. The van der Waals surface area contributed by atoms with Crippen LogP contribution in [0.2, 0.25) is 0 Å². The van der Waals surface area contributed by atoms with Crippen LogP contribution in [0.15, 0.2) is 0 Å². The third-order valence-electron chi connectivity index (χ3n) is 5.83. The molecule has 0 bridgehead atoms. The van der Waals surface area contributed by atoms with Crippen molar-refractivity contribution in [3.8, 4) is 0 Å². The van der Waals surface area contributed by atoms with Gasteiger partial charge in [-0.3, -0.25) is 19.7 Å². The van der Waals surface area contributed by atoms with E-state index in [4.69, 9.17) is 9.47 Å². The molecule has 1 heterocycles. The third-order valence-corrected chi connectivity index (χ3v) is 6.84. The molecule has 0 radical (unpaired) electrons. The lowest BCUT2D eigenvalue weighted by atomic mass is 9.84.